The molecule has 1 unspecified atom stereocenters. The van der Waals surface area contributed by atoms with E-state index >= 15 is 0 Å². The molecule has 0 aliphatic carbocycles. The molecule has 2 heterocycles. The van der Waals surface area contributed by atoms with Gasteiger partial charge < -0.3 is 5.32 Å². The largest absolute Gasteiger partial charge is 0.316 e. The lowest BCUT2D eigenvalue weighted by atomic mass is 9.82. The number of piperidine rings is 1. The second-order valence-corrected chi connectivity index (χ2v) is 4.30. The smallest absolute Gasteiger partial charge is 0.157 e. The Labute approximate surface area is 84.5 Å². The van der Waals surface area contributed by atoms with Crippen LogP contribution in [0.2, 0.25) is 0 Å². The van der Waals surface area contributed by atoms with E-state index in [1.165, 1.54) is 12.8 Å². The van der Waals surface area contributed by atoms with E-state index in [9.17, 15) is 0 Å². The minimum absolute atomic E-state index is 0.127. The lowest BCUT2D eigenvalue weighted by Gasteiger charge is -2.31. The Bertz CT molecular complexity index is 299. The van der Waals surface area contributed by atoms with E-state index in [1.807, 2.05) is 0 Å². The Balaban J connectivity index is 2.19. The maximum Gasteiger partial charge on any atom is 0.157 e. The second-order valence-electron chi connectivity index (χ2n) is 4.30. The summed E-state index contributed by atoms with van der Waals surface area (Å²) < 4.78 is 0. The van der Waals surface area contributed by atoms with Gasteiger partial charge in [0.05, 0.1) is 0 Å². The zero-order valence-electron chi connectivity index (χ0n) is 8.93. The van der Waals surface area contributed by atoms with Gasteiger partial charge in [-0.15, -0.1) is 0 Å². The van der Waals surface area contributed by atoms with Crippen molar-refractivity contribution in [3.05, 3.63) is 11.6 Å². The lowest BCUT2D eigenvalue weighted by Crippen LogP contribution is -2.41. The Morgan fingerprint density at radius 1 is 1.50 bits per heavy atom. The first-order valence-corrected chi connectivity index (χ1v) is 5.37. The van der Waals surface area contributed by atoms with Gasteiger partial charge in [-0.1, -0.05) is 13.8 Å². The zero-order chi connectivity index (χ0) is 10.0. The maximum atomic E-state index is 4.52. The third-order valence-corrected chi connectivity index (χ3v) is 3.00. The predicted octanol–water partition coefficient (Wildman–Crippen LogP) is 1.01. The van der Waals surface area contributed by atoms with Gasteiger partial charge in [0, 0.05) is 18.4 Å². The number of hydrogen-bond acceptors (Lipinski definition) is 3. The summed E-state index contributed by atoms with van der Waals surface area (Å²) in [4.78, 5) is 4.52. The van der Waals surface area contributed by atoms with E-state index in [0.29, 0.717) is 0 Å². The fourth-order valence-corrected chi connectivity index (χ4v) is 1.97. The average molecular weight is 194 g/mol. The van der Waals surface area contributed by atoms with Gasteiger partial charge in [0.1, 0.15) is 5.82 Å². The molecule has 2 rings (SSSR count). The highest BCUT2D eigenvalue weighted by atomic mass is 15.2. The molecule has 0 bridgehead atoms. The van der Waals surface area contributed by atoms with E-state index in [2.05, 4.69) is 34.3 Å². The van der Waals surface area contributed by atoms with Crippen molar-refractivity contribution < 1.29 is 0 Å². The van der Waals surface area contributed by atoms with Gasteiger partial charge in [0.25, 0.3) is 0 Å². The maximum absolute atomic E-state index is 4.52. The van der Waals surface area contributed by atoms with Crippen LogP contribution < -0.4 is 5.32 Å². The summed E-state index contributed by atoms with van der Waals surface area (Å²) in [6, 6.07) is 0. The van der Waals surface area contributed by atoms with Crippen molar-refractivity contribution in [1.29, 1.82) is 0 Å². The summed E-state index contributed by atoms with van der Waals surface area (Å²) in [5.41, 5.74) is 0.127. The van der Waals surface area contributed by atoms with Crippen LogP contribution in [0.5, 0.6) is 0 Å². The molecule has 1 saturated heterocycles. The van der Waals surface area contributed by atoms with Gasteiger partial charge in [-0.3, -0.25) is 5.10 Å². The summed E-state index contributed by atoms with van der Waals surface area (Å²) in [7, 11) is 0. The van der Waals surface area contributed by atoms with Gasteiger partial charge in [-0.25, -0.2) is 4.98 Å². The summed E-state index contributed by atoms with van der Waals surface area (Å²) in [5, 5.41) is 10.7. The van der Waals surface area contributed by atoms with Crippen LogP contribution >= 0.6 is 0 Å². The van der Waals surface area contributed by atoms with Crippen LogP contribution in [0.3, 0.4) is 0 Å². The van der Waals surface area contributed by atoms with Crippen LogP contribution in [0.25, 0.3) is 0 Å². The Morgan fingerprint density at radius 2 is 2.36 bits per heavy atom. The predicted molar refractivity (Wildman–Crippen MR) is 55.2 cm³/mol. The van der Waals surface area contributed by atoms with Crippen LogP contribution in [-0.2, 0) is 11.8 Å². The van der Waals surface area contributed by atoms with Crippen LogP contribution in [0.1, 0.15) is 38.3 Å². The van der Waals surface area contributed by atoms with Crippen molar-refractivity contribution >= 4 is 0 Å². The molecular weight excluding hydrogens is 176 g/mol. The molecule has 14 heavy (non-hydrogen) atoms. The van der Waals surface area contributed by atoms with E-state index < -0.39 is 0 Å². The zero-order valence-corrected chi connectivity index (χ0v) is 8.93. The molecule has 1 aromatic heterocycles. The summed E-state index contributed by atoms with van der Waals surface area (Å²) in [6.45, 7) is 6.45. The molecule has 0 spiro atoms. The standard InChI is InChI=1S/C10H18N4/c1-3-8-12-9(14-13-8)10(2)5-4-6-11-7-10/h11H,3-7H2,1-2H3,(H,12,13,14). The highest BCUT2D eigenvalue weighted by Gasteiger charge is 2.32. The van der Waals surface area contributed by atoms with Crippen molar-refractivity contribution in [1.82, 2.24) is 20.5 Å². The molecular formula is C10H18N4. The molecule has 4 nitrogen and oxygen atoms in total. The van der Waals surface area contributed by atoms with Crippen molar-refractivity contribution in [2.24, 2.45) is 0 Å². The molecule has 1 aliphatic rings. The van der Waals surface area contributed by atoms with Gasteiger partial charge in [-0.05, 0) is 19.4 Å². The minimum Gasteiger partial charge on any atom is -0.316 e. The second kappa shape index (κ2) is 3.69. The summed E-state index contributed by atoms with van der Waals surface area (Å²) in [6.07, 6.45) is 3.32. The minimum atomic E-state index is 0.127. The SMILES string of the molecule is CCc1nc(C2(C)CCCNC2)n[nH]1. The number of H-pyrrole nitrogens is 1. The fraction of sp³-hybridized carbons (Fsp3) is 0.800. The third-order valence-electron chi connectivity index (χ3n) is 3.00. The number of nitrogens with zero attached hydrogens (tertiary/aromatic N) is 2. The topological polar surface area (TPSA) is 53.6 Å². The van der Waals surface area contributed by atoms with Gasteiger partial charge in [0.15, 0.2) is 5.82 Å². The third kappa shape index (κ3) is 1.66. The van der Waals surface area contributed by atoms with E-state index in [-0.39, 0.29) is 5.41 Å². The van der Waals surface area contributed by atoms with Crippen LogP contribution in [-0.4, -0.2) is 28.3 Å². The average Bonchev–Trinajstić information content (AvgIpc) is 2.67. The van der Waals surface area contributed by atoms with Crippen molar-refractivity contribution in [2.45, 2.75) is 38.5 Å². The summed E-state index contributed by atoms with van der Waals surface area (Å²) in [5.74, 6) is 1.97. The lowest BCUT2D eigenvalue weighted by molar-refractivity contribution is 0.324. The highest BCUT2D eigenvalue weighted by molar-refractivity contribution is 5.08. The van der Waals surface area contributed by atoms with Crippen LogP contribution in [0, 0.1) is 0 Å². The van der Waals surface area contributed by atoms with E-state index in [1.54, 1.807) is 0 Å². The molecule has 0 amide bonds. The van der Waals surface area contributed by atoms with E-state index in [0.717, 1.165) is 31.2 Å². The van der Waals surface area contributed by atoms with Crippen molar-refractivity contribution in [2.75, 3.05) is 13.1 Å². The highest BCUT2D eigenvalue weighted by Crippen LogP contribution is 2.27. The van der Waals surface area contributed by atoms with E-state index in [4.69, 9.17) is 0 Å². The van der Waals surface area contributed by atoms with Gasteiger partial charge in [0.2, 0.25) is 0 Å². The number of nitrogens with one attached hydrogen (secondary N) is 2. The van der Waals surface area contributed by atoms with Crippen molar-refractivity contribution in [3.63, 3.8) is 0 Å². The Hall–Kier alpha value is -0.900. The number of rotatable bonds is 2. The number of aromatic amines is 1. The molecule has 78 valence electrons. The summed E-state index contributed by atoms with van der Waals surface area (Å²) >= 11 is 0. The monoisotopic (exact) mass is 194 g/mol. The quantitative estimate of drug-likeness (QED) is 0.738. The number of aromatic nitrogens is 3. The molecule has 1 fully saturated rings. The Morgan fingerprint density at radius 3 is 2.93 bits per heavy atom. The molecule has 0 aromatic carbocycles. The fourth-order valence-electron chi connectivity index (χ4n) is 1.97. The molecule has 4 heteroatoms. The molecule has 1 aromatic rings. The normalized spacial score (nSPS) is 27.9. The van der Waals surface area contributed by atoms with Crippen LogP contribution in [0.15, 0.2) is 0 Å². The number of hydrogen-bond donors (Lipinski definition) is 2. The molecule has 1 atom stereocenters. The molecule has 1 aliphatic heterocycles. The molecule has 0 radical (unpaired) electrons. The first-order valence-electron chi connectivity index (χ1n) is 5.37. The number of aryl methyl sites for hydroxylation is 1. The molecule has 0 saturated carbocycles. The first-order chi connectivity index (χ1) is 6.74. The van der Waals surface area contributed by atoms with Gasteiger partial charge >= 0.3 is 0 Å². The van der Waals surface area contributed by atoms with Crippen LogP contribution in [0.4, 0.5) is 0 Å². The molecule has 2 N–H and O–H groups in total. The Kier molecular flexibility index (Phi) is 2.54. The first kappa shape index (κ1) is 9.65. The van der Waals surface area contributed by atoms with Gasteiger partial charge in [-0.2, -0.15) is 5.10 Å². The van der Waals surface area contributed by atoms with Crippen molar-refractivity contribution in [3.8, 4) is 0 Å².